The predicted molar refractivity (Wildman–Crippen MR) is 78.8 cm³/mol. The number of aromatic hydroxyl groups is 1. The molecular formula is C14H10N2O4S. The molecular weight excluding hydrogens is 292 g/mol. The monoisotopic (exact) mass is 302 g/mol. The van der Waals surface area contributed by atoms with E-state index in [9.17, 15) is 14.7 Å². The second-order valence-electron chi connectivity index (χ2n) is 4.37. The number of rotatable bonds is 3. The van der Waals surface area contributed by atoms with Crippen molar-refractivity contribution in [2.45, 2.75) is 0 Å². The Kier molecular flexibility index (Phi) is 3.19. The van der Waals surface area contributed by atoms with Crippen molar-refractivity contribution in [1.82, 2.24) is 10.3 Å². The van der Waals surface area contributed by atoms with Crippen LogP contribution in [0.3, 0.4) is 0 Å². The molecule has 6 nitrogen and oxygen atoms in total. The predicted octanol–water partition coefficient (Wildman–Crippen LogP) is 1.97. The van der Waals surface area contributed by atoms with Gasteiger partial charge < -0.3 is 15.5 Å². The van der Waals surface area contributed by atoms with Gasteiger partial charge in [0, 0.05) is 21.7 Å². The number of hydrogen-bond donors (Lipinski definition) is 3. The molecule has 0 fully saturated rings. The molecule has 21 heavy (non-hydrogen) atoms. The lowest BCUT2D eigenvalue weighted by atomic mass is 10.2. The summed E-state index contributed by atoms with van der Waals surface area (Å²) in [5.74, 6) is -2.10. The molecule has 3 N–H and O–H groups in total. The van der Waals surface area contributed by atoms with Gasteiger partial charge in [-0.1, -0.05) is 18.2 Å². The summed E-state index contributed by atoms with van der Waals surface area (Å²) in [5.41, 5.74) is -0.171. The molecule has 0 radical (unpaired) electrons. The molecule has 7 heteroatoms. The number of hydrogen-bond acceptors (Lipinski definition) is 5. The van der Waals surface area contributed by atoms with Gasteiger partial charge in [0.25, 0.3) is 5.91 Å². The summed E-state index contributed by atoms with van der Waals surface area (Å²) in [7, 11) is 0. The number of benzene rings is 1. The van der Waals surface area contributed by atoms with E-state index in [0.29, 0.717) is 4.70 Å². The van der Waals surface area contributed by atoms with Crippen LogP contribution in [0.2, 0.25) is 0 Å². The minimum Gasteiger partial charge on any atom is -0.504 e. The Morgan fingerprint density at radius 1 is 1.24 bits per heavy atom. The lowest BCUT2D eigenvalue weighted by Crippen LogP contribution is -2.29. The Balaban J connectivity index is 2.09. The second kappa shape index (κ2) is 5.02. The van der Waals surface area contributed by atoms with E-state index in [1.165, 1.54) is 17.5 Å². The van der Waals surface area contributed by atoms with E-state index in [0.717, 1.165) is 15.5 Å². The molecule has 106 valence electrons. The fraction of sp³-hybridized carbons (Fsp3) is 0.0714. The van der Waals surface area contributed by atoms with Crippen LogP contribution in [-0.4, -0.2) is 33.6 Å². The zero-order valence-electron chi connectivity index (χ0n) is 10.7. The van der Waals surface area contributed by atoms with Crippen molar-refractivity contribution in [2.24, 2.45) is 0 Å². The first-order chi connectivity index (χ1) is 10.1. The Bertz CT molecular complexity index is 872. The zero-order valence-corrected chi connectivity index (χ0v) is 11.5. The van der Waals surface area contributed by atoms with Gasteiger partial charge >= 0.3 is 5.97 Å². The number of aromatic nitrogens is 1. The summed E-state index contributed by atoms with van der Waals surface area (Å²) in [5, 5.41) is 22.7. The van der Waals surface area contributed by atoms with E-state index in [4.69, 9.17) is 5.11 Å². The van der Waals surface area contributed by atoms with Gasteiger partial charge in [0.2, 0.25) is 0 Å². The van der Waals surface area contributed by atoms with Crippen LogP contribution in [0.15, 0.2) is 30.5 Å². The van der Waals surface area contributed by atoms with Crippen LogP contribution in [0.4, 0.5) is 0 Å². The first-order valence-corrected chi connectivity index (χ1v) is 6.89. The molecule has 2 heterocycles. The van der Waals surface area contributed by atoms with Crippen molar-refractivity contribution in [2.75, 3.05) is 6.54 Å². The summed E-state index contributed by atoms with van der Waals surface area (Å²) in [4.78, 5) is 26.2. The number of amides is 1. The summed E-state index contributed by atoms with van der Waals surface area (Å²) in [6.07, 6.45) is 1.52. The molecule has 0 aliphatic rings. The molecule has 1 aromatic carbocycles. The molecule has 0 spiro atoms. The number of carboxylic acid groups (broad SMARTS) is 1. The van der Waals surface area contributed by atoms with E-state index in [-0.39, 0.29) is 11.4 Å². The van der Waals surface area contributed by atoms with Crippen LogP contribution in [0, 0.1) is 0 Å². The van der Waals surface area contributed by atoms with Crippen LogP contribution in [0.5, 0.6) is 5.75 Å². The van der Waals surface area contributed by atoms with Crippen molar-refractivity contribution in [3.8, 4) is 5.75 Å². The normalized spacial score (nSPS) is 10.9. The number of aliphatic carboxylic acids is 1. The van der Waals surface area contributed by atoms with Crippen LogP contribution in [0.1, 0.15) is 10.5 Å². The molecule has 0 atom stereocenters. The van der Waals surface area contributed by atoms with E-state index < -0.39 is 18.4 Å². The Labute approximate surface area is 122 Å². The van der Waals surface area contributed by atoms with E-state index >= 15 is 0 Å². The zero-order chi connectivity index (χ0) is 15.0. The molecule has 0 saturated heterocycles. The van der Waals surface area contributed by atoms with Crippen molar-refractivity contribution < 1.29 is 19.8 Å². The smallest absolute Gasteiger partial charge is 0.322 e. The minimum atomic E-state index is -1.16. The van der Waals surface area contributed by atoms with Gasteiger partial charge in [-0.3, -0.25) is 9.59 Å². The third-order valence-electron chi connectivity index (χ3n) is 3.01. The van der Waals surface area contributed by atoms with Crippen LogP contribution < -0.4 is 5.32 Å². The fourth-order valence-corrected chi connectivity index (χ4v) is 3.19. The number of fused-ring (bicyclic) bond motifs is 3. The fourth-order valence-electron chi connectivity index (χ4n) is 2.07. The third kappa shape index (κ3) is 2.27. The minimum absolute atomic E-state index is 0.171. The number of thiophene rings is 1. The number of nitrogens with one attached hydrogen (secondary N) is 1. The van der Waals surface area contributed by atoms with E-state index in [2.05, 4.69) is 10.3 Å². The molecule has 0 aliphatic heterocycles. The maximum Gasteiger partial charge on any atom is 0.322 e. The Morgan fingerprint density at radius 3 is 2.76 bits per heavy atom. The van der Waals surface area contributed by atoms with Crippen LogP contribution in [-0.2, 0) is 4.79 Å². The van der Waals surface area contributed by atoms with Gasteiger partial charge in [-0.15, -0.1) is 11.3 Å². The number of carboxylic acids is 1. The molecule has 2 aromatic heterocycles. The molecule has 0 aliphatic carbocycles. The highest BCUT2D eigenvalue weighted by molar-refractivity contribution is 7.26. The average Bonchev–Trinajstić information content (AvgIpc) is 2.85. The van der Waals surface area contributed by atoms with Gasteiger partial charge in [0.05, 0.1) is 4.70 Å². The van der Waals surface area contributed by atoms with E-state index in [1.54, 1.807) is 0 Å². The quantitative estimate of drug-likeness (QED) is 0.687. The number of pyridine rings is 1. The van der Waals surface area contributed by atoms with Crippen LogP contribution in [0.25, 0.3) is 20.2 Å². The van der Waals surface area contributed by atoms with Gasteiger partial charge in [0.15, 0.2) is 11.4 Å². The third-order valence-corrected chi connectivity index (χ3v) is 4.20. The molecule has 1 amide bonds. The lowest BCUT2D eigenvalue weighted by molar-refractivity contribution is -0.135. The molecule has 3 aromatic rings. The number of carbonyl (C=O) groups is 2. The highest BCUT2D eigenvalue weighted by atomic mass is 32.1. The molecule has 0 bridgehead atoms. The SMILES string of the molecule is O=C(O)CNC(=O)c1ncc2c(sc3ccccc32)c1O. The summed E-state index contributed by atoms with van der Waals surface area (Å²) < 4.78 is 1.54. The Morgan fingerprint density at radius 2 is 2.00 bits per heavy atom. The summed E-state index contributed by atoms with van der Waals surface area (Å²) in [6, 6.07) is 7.62. The number of nitrogens with zero attached hydrogens (tertiary/aromatic N) is 1. The summed E-state index contributed by atoms with van der Waals surface area (Å²) in [6.45, 7) is -0.523. The van der Waals surface area contributed by atoms with Crippen molar-refractivity contribution in [3.63, 3.8) is 0 Å². The van der Waals surface area contributed by atoms with E-state index in [1.807, 2.05) is 24.3 Å². The van der Waals surface area contributed by atoms with Crippen LogP contribution >= 0.6 is 11.3 Å². The highest BCUT2D eigenvalue weighted by Crippen LogP contribution is 2.39. The largest absolute Gasteiger partial charge is 0.504 e. The van der Waals surface area contributed by atoms with Crippen molar-refractivity contribution in [3.05, 3.63) is 36.2 Å². The van der Waals surface area contributed by atoms with Gasteiger partial charge in [-0.25, -0.2) is 4.98 Å². The molecule has 0 saturated carbocycles. The Hall–Kier alpha value is -2.67. The lowest BCUT2D eigenvalue weighted by Gasteiger charge is -2.04. The van der Waals surface area contributed by atoms with Gasteiger partial charge in [0.1, 0.15) is 6.54 Å². The standard InChI is InChI=1S/C14H10N2O4S/c17-10(18)6-16-14(20)11-12(19)13-8(5-15-11)7-3-1-2-4-9(7)21-13/h1-5,19H,6H2,(H,16,20)(H,17,18). The van der Waals surface area contributed by atoms with Crippen molar-refractivity contribution >= 4 is 43.4 Å². The highest BCUT2D eigenvalue weighted by Gasteiger charge is 2.18. The summed E-state index contributed by atoms with van der Waals surface area (Å²) >= 11 is 1.36. The number of carbonyl (C=O) groups excluding carboxylic acids is 1. The first kappa shape index (κ1) is 13.3. The maximum atomic E-state index is 11.8. The topological polar surface area (TPSA) is 99.5 Å². The van der Waals surface area contributed by atoms with Gasteiger partial charge in [-0.05, 0) is 6.07 Å². The maximum absolute atomic E-state index is 11.8. The second-order valence-corrected chi connectivity index (χ2v) is 5.43. The molecule has 0 unspecified atom stereocenters. The first-order valence-electron chi connectivity index (χ1n) is 6.07. The average molecular weight is 302 g/mol. The van der Waals surface area contributed by atoms with Crippen molar-refractivity contribution in [1.29, 1.82) is 0 Å². The van der Waals surface area contributed by atoms with Gasteiger partial charge in [-0.2, -0.15) is 0 Å². The molecule has 3 rings (SSSR count).